The Morgan fingerprint density at radius 3 is 2.05 bits per heavy atom. The number of benzene rings is 2. The van der Waals surface area contributed by atoms with Crippen LogP contribution >= 0.6 is 0 Å². The number of carbonyl (C=O) groups excluding carboxylic acids is 1. The lowest BCUT2D eigenvalue weighted by molar-refractivity contribution is 0.0991. The molecule has 4 rings (SSSR count). The predicted octanol–water partition coefficient (Wildman–Crippen LogP) is 7.02. The molecule has 1 aromatic heterocycles. The molecule has 0 atom stereocenters. The molecule has 1 N–H and O–H groups in total. The number of amides is 1. The second-order valence-corrected chi connectivity index (χ2v) is 10.8. The van der Waals surface area contributed by atoms with Gasteiger partial charge in [0, 0.05) is 23.8 Å². The number of fused-ring (bicyclic) bond motifs is 1. The van der Waals surface area contributed by atoms with E-state index >= 15 is 0 Å². The van der Waals surface area contributed by atoms with Gasteiger partial charge in [-0.25, -0.2) is 0 Å². The van der Waals surface area contributed by atoms with Gasteiger partial charge in [-0.2, -0.15) is 0 Å². The van der Waals surface area contributed by atoms with Crippen LogP contribution < -0.4 is 29.0 Å². The van der Waals surface area contributed by atoms with E-state index in [1.165, 1.54) is 26.9 Å². The molecule has 1 amide bonds. The molecule has 0 saturated carbocycles. The molecule has 1 aliphatic rings. The number of methoxy groups -OCH3 is 4. The molecule has 8 heteroatoms. The Bertz CT molecular complexity index is 1330. The number of hydrogen-bond acceptors (Lipinski definition) is 7. The van der Waals surface area contributed by atoms with Crippen LogP contribution in [-0.4, -0.2) is 34.3 Å². The minimum absolute atomic E-state index is 0.0287. The average molecular weight is 524 g/mol. The fraction of sp³-hybridized carbons (Fsp3) is 0.433. The molecule has 1 heterocycles. The van der Waals surface area contributed by atoms with Crippen LogP contribution in [0.25, 0.3) is 0 Å². The van der Waals surface area contributed by atoms with Gasteiger partial charge in [0.05, 0.1) is 28.4 Å². The monoisotopic (exact) mass is 523 g/mol. The highest BCUT2D eigenvalue weighted by molar-refractivity contribution is 6.04. The number of hydrogen-bond donors (Lipinski definition) is 1. The van der Waals surface area contributed by atoms with Gasteiger partial charge < -0.3 is 33.4 Å². The molecular weight excluding hydrogens is 486 g/mol. The Morgan fingerprint density at radius 2 is 1.47 bits per heavy atom. The first-order valence-corrected chi connectivity index (χ1v) is 12.6. The Balaban J connectivity index is 1.65. The Hall–Kier alpha value is -3.81. The van der Waals surface area contributed by atoms with Gasteiger partial charge in [0.2, 0.25) is 0 Å². The van der Waals surface area contributed by atoms with Crippen LogP contribution in [0.15, 0.2) is 34.7 Å². The number of aryl methyl sites for hydroxylation is 1. The Morgan fingerprint density at radius 1 is 0.842 bits per heavy atom. The average Bonchev–Trinajstić information content (AvgIpc) is 3.36. The Labute approximate surface area is 224 Å². The van der Waals surface area contributed by atoms with E-state index in [2.05, 4.69) is 39.1 Å². The van der Waals surface area contributed by atoms with Crippen molar-refractivity contribution in [3.8, 4) is 34.7 Å². The molecule has 0 unspecified atom stereocenters. The van der Waals surface area contributed by atoms with Crippen LogP contribution in [0.5, 0.6) is 34.7 Å². The quantitative estimate of drug-likeness (QED) is 0.339. The normalized spacial score (nSPS) is 15.3. The first kappa shape index (κ1) is 27.2. The van der Waals surface area contributed by atoms with Crippen LogP contribution in [0.4, 0.5) is 5.69 Å². The summed E-state index contributed by atoms with van der Waals surface area (Å²) in [5, 5.41) is 2.80. The first-order valence-electron chi connectivity index (χ1n) is 12.6. The van der Waals surface area contributed by atoms with Crippen LogP contribution in [0, 0.1) is 6.92 Å². The maximum absolute atomic E-state index is 13.1. The van der Waals surface area contributed by atoms with E-state index in [1.807, 2.05) is 6.92 Å². The summed E-state index contributed by atoms with van der Waals surface area (Å²) in [4.78, 5) is 13.1. The lowest BCUT2D eigenvalue weighted by atomic mass is 9.62. The summed E-state index contributed by atoms with van der Waals surface area (Å²) in [5.41, 5.74) is 3.67. The van der Waals surface area contributed by atoms with Crippen molar-refractivity contribution in [3.63, 3.8) is 0 Å². The number of rotatable bonds is 8. The van der Waals surface area contributed by atoms with Crippen molar-refractivity contribution in [3.05, 3.63) is 52.8 Å². The lowest BCUT2D eigenvalue weighted by Crippen LogP contribution is -2.34. The highest BCUT2D eigenvalue weighted by Gasteiger charge is 2.41. The second-order valence-electron chi connectivity index (χ2n) is 10.8. The molecule has 3 aromatic rings. The maximum Gasteiger partial charge on any atom is 0.291 e. The molecule has 0 saturated heterocycles. The minimum Gasteiger partial charge on any atom is -0.496 e. The van der Waals surface area contributed by atoms with Crippen molar-refractivity contribution in [2.75, 3.05) is 33.8 Å². The zero-order valence-corrected chi connectivity index (χ0v) is 23.7. The number of anilines is 1. The van der Waals surface area contributed by atoms with E-state index in [-0.39, 0.29) is 22.5 Å². The zero-order valence-electron chi connectivity index (χ0n) is 23.7. The van der Waals surface area contributed by atoms with E-state index in [1.54, 1.807) is 31.4 Å². The number of furan rings is 1. The largest absolute Gasteiger partial charge is 0.496 e. The molecule has 38 heavy (non-hydrogen) atoms. The summed E-state index contributed by atoms with van der Waals surface area (Å²) >= 11 is 0. The van der Waals surface area contributed by atoms with Crippen molar-refractivity contribution >= 4 is 11.6 Å². The van der Waals surface area contributed by atoms with Crippen LogP contribution in [0.2, 0.25) is 0 Å². The number of nitrogens with one attached hydrogen (secondary N) is 1. The molecular formula is C30H37NO7. The van der Waals surface area contributed by atoms with Crippen molar-refractivity contribution in [2.45, 2.75) is 58.3 Å². The third-order valence-corrected chi connectivity index (χ3v) is 7.37. The van der Waals surface area contributed by atoms with Crippen molar-refractivity contribution < 1.29 is 32.9 Å². The highest BCUT2D eigenvalue weighted by atomic mass is 16.6. The molecule has 0 bridgehead atoms. The molecule has 204 valence electrons. The van der Waals surface area contributed by atoms with Gasteiger partial charge >= 0.3 is 0 Å². The minimum atomic E-state index is -0.487. The van der Waals surface area contributed by atoms with Crippen LogP contribution in [0.3, 0.4) is 0 Å². The van der Waals surface area contributed by atoms with Crippen LogP contribution in [0.1, 0.15) is 67.8 Å². The van der Waals surface area contributed by atoms with E-state index < -0.39 is 5.91 Å². The van der Waals surface area contributed by atoms with Gasteiger partial charge in [-0.15, -0.1) is 0 Å². The topological polar surface area (TPSA) is 88.4 Å². The third-order valence-electron chi connectivity index (χ3n) is 7.37. The molecule has 0 radical (unpaired) electrons. The zero-order chi connectivity index (χ0) is 27.8. The summed E-state index contributed by atoms with van der Waals surface area (Å²) < 4.78 is 34.1. The Kier molecular flexibility index (Phi) is 7.28. The standard InChI is InChI=1S/C30H37NO7/c1-17-14-19-24(30(4,5)13-12-29(19,2)3)27(36-9)26(17)38-23-11-10-20(37-23)28(32)31-25-21(34-7)15-18(33-6)16-22(25)35-8/h10-11,14-16H,12-13H2,1-9H3,(H,31,32). The second kappa shape index (κ2) is 10.2. The van der Waals surface area contributed by atoms with E-state index in [0.717, 1.165) is 24.0 Å². The number of ether oxygens (including phenoxy) is 5. The van der Waals surface area contributed by atoms with Crippen molar-refractivity contribution in [2.24, 2.45) is 0 Å². The number of carbonyl (C=O) groups is 1. The van der Waals surface area contributed by atoms with E-state index in [9.17, 15) is 4.79 Å². The molecule has 0 aliphatic heterocycles. The highest BCUT2D eigenvalue weighted by Crippen LogP contribution is 2.53. The fourth-order valence-electron chi connectivity index (χ4n) is 5.08. The molecule has 0 fully saturated rings. The summed E-state index contributed by atoms with van der Waals surface area (Å²) in [6.45, 7) is 11.0. The molecule has 8 nitrogen and oxygen atoms in total. The third kappa shape index (κ3) is 4.87. The SMILES string of the molecule is COc1cc(OC)c(NC(=O)c2ccc(Oc3c(C)cc4c(c3OC)C(C)(C)CCC4(C)C)o2)c(OC)c1. The van der Waals surface area contributed by atoms with Gasteiger partial charge in [-0.3, -0.25) is 4.79 Å². The van der Waals surface area contributed by atoms with Gasteiger partial charge in [-0.05, 0) is 47.8 Å². The predicted molar refractivity (Wildman–Crippen MR) is 146 cm³/mol. The van der Waals surface area contributed by atoms with Gasteiger partial charge in [0.15, 0.2) is 17.3 Å². The lowest BCUT2D eigenvalue weighted by Gasteiger charge is -2.43. The molecule has 2 aromatic carbocycles. The summed E-state index contributed by atoms with van der Waals surface area (Å²) in [7, 11) is 6.20. The maximum atomic E-state index is 13.1. The van der Waals surface area contributed by atoms with E-state index in [0.29, 0.717) is 34.4 Å². The van der Waals surface area contributed by atoms with Gasteiger partial charge in [0.25, 0.3) is 11.9 Å². The summed E-state index contributed by atoms with van der Waals surface area (Å²) in [6, 6.07) is 8.67. The molecule has 1 aliphatic carbocycles. The smallest absolute Gasteiger partial charge is 0.291 e. The summed E-state index contributed by atoms with van der Waals surface area (Å²) in [6.07, 6.45) is 2.13. The molecule has 0 spiro atoms. The van der Waals surface area contributed by atoms with Gasteiger partial charge in [-0.1, -0.05) is 33.8 Å². The van der Waals surface area contributed by atoms with E-state index in [4.69, 9.17) is 28.1 Å². The van der Waals surface area contributed by atoms with Crippen molar-refractivity contribution in [1.82, 2.24) is 0 Å². The first-order chi connectivity index (χ1) is 17.9. The van der Waals surface area contributed by atoms with Crippen LogP contribution in [-0.2, 0) is 10.8 Å². The summed E-state index contributed by atoms with van der Waals surface area (Å²) in [5.74, 6) is 2.35. The van der Waals surface area contributed by atoms with Crippen molar-refractivity contribution in [1.29, 1.82) is 0 Å². The van der Waals surface area contributed by atoms with Gasteiger partial charge in [0.1, 0.15) is 22.9 Å². The fourth-order valence-corrected chi connectivity index (χ4v) is 5.08.